The van der Waals surface area contributed by atoms with Gasteiger partial charge in [0.25, 0.3) is 0 Å². The minimum absolute atomic E-state index is 0.256. The van der Waals surface area contributed by atoms with Crippen LogP contribution in [-0.4, -0.2) is 32.3 Å². The largest absolute Gasteiger partial charge is 0.460 e. The second-order valence-electron chi connectivity index (χ2n) is 2.32. The van der Waals surface area contributed by atoms with Gasteiger partial charge in [-0.1, -0.05) is 6.58 Å². The van der Waals surface area contributed by atoms with Crippen molar-refractivity contribution in [1.29, 1.82) is 0 Å². The number of hydrogen-bond acceptors (Lipinski definition) is 4. The predicted molar refractivity (Wildman–Crippen MR) is 45.6 cm³/mol. The lowest BCUT2D eigenvalue weighted by molar-refractivity contribution is -0.140. The smallest absolute Gasteiger partial charge is 0.333 e. The number of carbonyl (C=O) groups is 1. The zero-order chi connectivity index (χ0) is 9.40. The summed E-state index contributed by atoms with van der Waals surface area (Å²) < 4.78 is 9.73. The zero-order valence-corrected chi connectivity index (χ0v) is 7.34. The van der Waals surface area contributed by atoms with E-state index in [9.17, 15) is 4.79 Å². The van der Waals surface area contributed by atoms with Gasteiger partial charge in [-0.15, -0.1) is 0 Å². The van der Waals surface area contributed by atoms with Gasteiger partial charge in [-0.2, -0.15) is 0 Å². The van der Waals surface area contributed by atoms with Gasteiger partial charge in [-0.05, 0) is 6.92 Å². The van der Waals surface area contributed by atoms with Crippen LogP contribution in [0.15, 0.2) is 12.2 Å². The van der Waals surface area contributed by atoms with Crippen LogP contribution < -0.4 is 5.73 Å². The van der Waals surface area contributed by atoms with E-state index in [4.69, 9.17) is 15.2 Å². The van der Waals surface area contributed by atoms with Gasteiger partial charge in [0.15, 0.2) is 0 Å². The van der Waals surface area contributed by atoms with Crippen LogP contribution in [0.25, 0.3) is 0 Å². The summed E-state index contributed by atoms with van der Waals surface area (Å²) in [6.45, 7) is 6.65. The van der Waals surface area contributed by atoms with Crippen molar-refractivity contribution in [3.8, 4) is 0 Å². The van der Waals surface area contributed by atoms with Crippen molar-refractivity contribution in [3.63, 3.8) is 0 Å². The van der Waals surface area contributed by atoms with E-state index >= 15 is 0 Å². The number of ether oxygens (including phenoxy) is 2. The molecule has 0 unspecified atom stereocenters. The Labute approximate surface area is 72.3 Å². The van der Waals surface area contributed by atoms with Crippen LogP contribution in [0.5, 0.6) is 0 Å². The number of nitrogens with two attached hydrogens (primary N) is 1. The Morgan fingerprint density at radius 2 is 2.08 bits per heavy atom. The third-order valence-corrected chi connectivity index (χ3v) is 1.07. The summed E-state index contributed by atoms with van der Waals surface area (Å²) in [5, 5.41) is 0. The Hall–Kier alpha value is -0.870. The molecule has 0 aliphatic carbocycles. The van der Waals surface area contributed by atoms with Crippen molar-refractivity contribution >= 4 is 5.97 Å². The fourth-order valence-corrected chi connectivity index (χ4v) is 0.502. The summed E-state index contributed by atoms with van der Waals surface area (Å²) >= 11 is 0. The minimum Gasteiger partial charge on any atom is -0.460 e. The molecule has 70 valence electrons. The third kappa shape index (κ3) is 5.88. The summed E-state index contributed by atoms with van der Waals surface area (Å²) in [6.07, 6.45) is 0. The lowest BCUT2D eigenvalue weighted by Crippen LogP contribution is -2.14. The van der Waals surface area contributed by atoms with Gasteiger partial charge in [0.1, 0.15) is 6.61 Å². The molecule has 0 aromatic rings. The van der Waals surface area contributed by atoms with Crippen molar-refractivity contribution < 1.29 is 14.3 Å². The minimum atomic E-state index is -0.383. The first-order chi connectivity index (χ1) is 5.68. The SMILES string of the molecule is C=C(C)C(=O)OCCOCCN. The Kier molecular flexibility index (Phi) is 6.32. The molecular formula is C8H15NO3. The van der Waals surface area contributed by atoms with Crippen LogP contribution in [-0.2, 0) is 14.3 Å². The summed E-state index contributed by atoms with van der Waals surface area (Å²) in [7, 11) is 0. The summed E-state index contributed by atoms with van der Waals surface area (Å²) in [4.78, 5) is 10.8. The molecule has 0 radical (unpaired) electrons. The monoisotopic (exact) mass is 173 g/mol. The van der Waals surface area contributed by atoms with E-state index in [1.54, 1.807) is 6.92 Å². The lowest BCUT2D eigenvalue weighted by atomic mass is 10.4. The summed E-state index contributed by atoms with van der Waals surface area (Å²) in [5.41, 5.74) is 5.57. The molecular weight excluding hydrogens is 158 g/mol. The summed E-state index contributed by atoms with van der Waals surface area (Å²) in [6, 6.07) is 0. The number of esters is 1. The van der Waals surface area contributed by atoms with E-state index in [0.717, 1.165) is 0 Å². The second kappa shape index (κ2) is 6.82. The quantitative estimate of drug-likeness (QED) is 0.351. The van der Waals surface area contributed by atoms with Gasteiger partial charge in [-0.3, -0.25) is 0 Å². The maximum absolute atomic E-state index is 10.8. The van der Waals surface area contributed by atoms with Crippen LogP contribution >= 0.6 is 0 Å². The first-order valence-electron chi connectivity index (χ1n) is 3.79. The molecule has 0 amide bonds. The highest BCUT2D eigenvalue weighted by Gasteiger charge is 2.01. The maximum Gasteiger partial charge on any atom is 0.333 e. The van der Waals surface area contributed by atoms with E-state index in [1.165, 1.54) is 0 Å². The molecule has 0 spiro atoms. The highest BCUT2D eigenvalue weighted by Crippen LogP contribution is 1.91. The normalized spacial score (nSPS) is 9.50. The van der Waals surface area contributed by atoms with E-state index in [0.29, 0.717) is 25.3 Å². The van der Waals surface area contributed by atoms with Gasteiger partial charge in [0, 0.05) is 12.1 Å². The highest BCUT2D eigenvalue weighted by molar-refractivity contribution is 5.86. The predicted octanol–water partition coefficient (Wildman–Crippen LogP) is 0.0810. The molecule has 4 heteroatoms. The Balaban J connectivity index is 3.20. The Morgan fingerprint density at radius 1 is 1.42 bits per heavy atom. The van der Waals surface area contributed by atoms with E-state index in [2.05, 4.69) is 6.58 Å². The fourth-order valence-electron chi connectivity index (χ4n) is 0.502. The molecule has 4 nitrogen and oxygen atoms in total. The van der Waals surface area contributed by atoms with Gasteiger partial charge in [0.2, 0.25) is 0 Å². The molecule has 0 aliphatic heterocycles. The van der Waals surface area contributed by atoms with Gasteiger partial charge in [-0.25, -0.2) is 4.79 Å². The van der Waals surface area contributed by atoms with Crippen LogP contribution in [0.4, 0.5) is 0 Å². The van der Waals surface area contributed by atoms with Gasteiger partial charge in [0.05, 0.1) is 13.2 Å². The van der Waals surface area contributed by atoms with Crippen LogP contribution in [0.3, 0.4) is 0 Å². The molecule has 0 fully saturated rings. The number of rotatable bonds is 6. The van der Waals surface area contributed by atoms with Crippen molar-refractivity contribution in [1.82, 2.24) is 0 Å². The van der Waals surface area contributed by atoms with Crippen molar-refractivity contribution in [2.45, 2.75) is 6.92 Å². The van der Waals surface area contributed by atoms with Crippen LogP contribution in [0.1, 0.15) is 6.92 Å². The van der Waals surface area contributed by atoms with Crippen molar-refractivity contribution in [2.24, 2.45) is 5.73 Å². The average molecular weight is 173 g/mol. The highest BCUT2D eigenvalue weighted by atomic mass is 16.6. The molecule has 0 aromatic carbocycles. The number of hydrogen-bond donors (Lipinski definition) is 1. The maximum atomic E-state index is 10.8. The van der Waals surface area contributed by atoms with Gasteiger partial charge < -0.3 is 15.2 Å². The average Bonchev–Trinajstić information content (AvgIpc) is 2.03. The van der Waals surface area contributed by atoms with E-state index in [1.807, 2.05) is 0 Å². The van der Waals surface area contributed by atoms with Gasteiger partial charge >= 0.3 is 5.97 Å². The standard InChI is InChI=1S/C8H15NO3/c1-7(2)8(10)12-6-5-11-4-3-9/h1,3-6,9H2,2H3. The van der Waals surface area contributed by atoms with E-state index < -0.39 is 0 Å². The molecule has 0 heterocycles. The Morgan fingerprint density at radius 3 is 2.58 bits per heavy atom. The molecule has 0 bridgehead atoms. The molecule has 0 atom stereocenters. The molecule has 0 aliphatic rings. The molecule has 0 aromatic heterocycles. The second-order valence-corrected chi connectivity index (χ2v) is 2.32. The lowest BCUT2D eigenvalue weighted by Gasteiger charge is -2.04. The summed E-state index contributed by atoms with van der Waals surface area (Å²) in [5.74, 6) is -0.383. The first-order valence-corrected chi connectivity index (χ1v) is 3.79. The zero-order valence-electron chi connectivity index (χ0n) is 7.34. The van der Waals surface area contributed by atoms with Crippen LogP contribution in [0.2, 0.25) is 0 Å². The number of carbonyl (C=O) groups excluding carboxylic acids is 1. The van der Waals surface area contributed by atoms with E-state index in [-0.39, 0.29) is 12.6 Å². The molecule has 0 saturated carbocycles. The first kappa shape index (κ1) is 11.1. The third-order valence-electron chi connectivity index (χ3n) is 1.07. The molecule has 0 saturated heterocycles. The molecule has 2 N–H and O–H groups in total. The molecule has 0 rings (SSSR count). The fraction of sp³-hybridized carbons (Fsp3) is 0.625. The van der Waals surface area contributed by atoms with Crippen molar-refractivity contribution in [2.75, 3.05) is 26.4 Å². The van der Waals surface area contributed by atoms with Crippen LogP contribution in [0, 0.1) is 0 Å². The van der Waals surface area contributed by atoms with Crippen molar-refractivity contribution in [3.05, 3.63) is 12.2 Å². The Bertz CT molecular complexity index is 156. The molecule has 12 heavy (non-hydrogen) atoms. The topological polar surface area (TPSA) is 61.5 Å².